The zero-order chi connectivity index (χ0) is 12.8. The highest BCUT2D eigenvalue weighted by Crippen LogP contribution is 2.30. The first-order chi connectivity index (χ1) is 8.79. The Morgan fingerprint density at radius 1 is 1.22 bits per heavy atom. The Labute approximate surface area is 115 Å². The molecule has 0 saturated heterocycles. The quantitative estimate of drug-likeness (QED) is 0.695. The standard InChI is InChI=1S/C16H23ClO/c1-18-16-10-6-5-9-14(16)12-15(17)11-13-7-3-2-4-8-13/h5-6,9-10,13,15H,2-4,7-8,11-12H2,1H3. The molecule has 1 saturated carbocycles. The van der Waals surface area contributed by atoms with Gasteiger partial charge in [-0.15, -0.1) is 11.6 Å². The summed E-state index contributed by atoms with van der Waals surface area (Å²) in [5, 5.41) is 0.240. The average molecular weight is 267 g/mol. The first-order valence-electron chi connectivity index (χ1n) is 7.05. The van der Waals surface area contributed by atoms with Crippen molar-refractivity contribution < 1.29 is 4.74 Å². The molecule has 1 nitrogen and oxygen atoms in total. The molecule has 0 radical (unpaired) electrons. The van der Waals surface area contributed by atoms with Crippen molar-refractivity contribution in [1.29, 1.82) is 0 Å². The van der Waals surface area contributed by atoms with Crippen LogP contribution in [0.3, 0.4) is 0 Å². The minimum Gasteiger partial charge on any atom is -0.496 e. The molecule has 1 fully saturated rings. The Bertz CT molecular complexity index is 358. The van der Waals surface area contributed by atoms with Gasteiger partial charge in [-0.2, -0.15) is 0 Å². The fourth-order valence-corrected chi connectivity index (χ4v) is 3.40. The topological polar surface area (TPSA) is 9.23 Å². The van der Waals surface area contributed by atoms with Crippen molar-refractivity contribution in [3.05, 3.63) is 29.8 Å². The minimum absolute atomic E-state index is 0.240. The number of hydrogen-bond acceptors (Lipinski definition) is 1. The second-order valence-corrected chi connectivity index (χ2v) is 5.97. The van der Waals surface area contributed by atoms with Crippen molar-refractivity contribution in [2.24, 2.45) is 5.92 Å². The summed E-state index contributed by atoms with van der Waals surface area (Å²) < 4.78 is 5.38. The molecule has 1 unspecified atom stereocenters. The van der Waals surface area contributed by atoms with Crippen molar-refractivity contribution >= 4 is 11.6 Å². The van der Waals surface area contributed by atoms with E-state index in [-0.39, 0.29) is 5.38 Å². The third-order valence-electron chi connectivity index (χ3n) is 3.95. The molecule has 1 aliphatic rings. The van der Waals surface area contributed by atoms with Gasteiger partial charge >= 0.3 is 0 Å². The monoisotopic (exact) mass is 266 g/mol. The molecule has 0 N–H and O–H groups in total. The fourth-order valence-electron chi connectivity index (χ4n) is 2.98. The van der Waals surface area contributed by atoms with Crippen molar-refractivity contribution in [2.75, 3.05) is 7.11 Å². The number of halogens is 1. The highest BCUT2D eigenvalue weighted by Gasteiger charge is 2.18. The molecule has 0 aromatic heterocycles. The molecular weight excluding hydrogens is 244 g/mol. The summed E-state index contributed by atoms with van der Waals surface area (Å²) in [7, 11) is 1.73. The van der Waals surface area contributed by atoms with Gasteiger partial charge in [-0.3, -0.25) is 0 Å². The first-order valence-corrected chi connectivity index (χ1v) is 7.49. The van der Waals surface area contributed by atoms with Gasteiger partial charge in [-0.1, -0.05) is 50.3 Å². The zero-order valence-electron chi connectivity index (χ0n) is 11.2. The summed E-state index contributed by atoms with van der Waals surface area (Å²) >= 11 is 6.52. The summed E-state index contributed by atoms with van der Waals surface area (Å²) in [5.41, 5.74) is 1.23. The largest absolute Gasteiger partial charge is 0.496 e. The van der Waals surface area contributed by atoms with E-state index < -0.39 is 0 Å². The lowest BCUT2D eigenvalue weighted by atomic mass is 9.85. The molecule has 1 aromatic carbocycles. The number of hydrogen-bond donors (Lipinski definition) is 0. The smallest absolute Gasteiger partial charge is 0.122 e. The van der Waals surface area contributed by atoms with E-state index in [0.29, 0.717) is 0 Å². The lowest BCUT2D eigenvalue weighted by Crippen LogP contribution is -2.14. The molecular formula is C16H23ClO. The van der Waals surface area contributed by atoms with Crippen LogP contribution in [0, 0.1) is 5.92 Å². The summed E-state index contributed by atoms with van der Waals surface area (Å²) in [5.74, 6) is 1.81. The van der Waals surface area contributed by atoms with Crippen LogP contribution < -0.4 is 4.74 Å². The van der Waals surface area contributed by atoms with Crippen LogP contribution in [0.15, 0.2) is 24.3 Å². The van der Waals surface area contributed by atoms with Gasteiger partial charge in [0, 0.05) is 5.38 Å². The molecule has 2 rings (SSSR count). The molecule has 1 aromatic rings. The van der Waals surface area contributed by atoms with Gasteiger partial charge in [0.15, 0.2) is 0 Å². The molecule has 1 atom stereocenters. The van der Waals surface area contributed by atoms with Crippen LogP contribution in [-0.2, 0) is 6.42 Å². The van der Waals surface area contributed by atoms with Crippen LogP contribution in [0.25, 0.3) is 0 Å². The molecule has 0 spiro atoms. The van der Waals surface area contributed by atoms with E-state index in [0.717, 1.165) is 24.5 Å². The van der Waals surface area contributed by atoms with E-state index in [9.17, 15) is 0 Å². The van der Waals surface area contributed by atoms with Crippen molar-refractivity contribution in [1.82, 2.24) is 0 Å². The summed E-state index contributed by atoms with van der Waals surface area (Å²) in [6, 6.07) is 8.20. The van der Waals surface area contributed by atoms with Crippen LogP contribution in [0.2, 0.25) is 0 Å². The summed E-state index contributed by atoms with van der Waals surface area (Å²) in [4.78, 5) is 0. The van der Waals surface area contributed by atoms with Gasteiger partial charge < -0.3 is 4.74 Å². The maximum absolute atomic E-state index is 6.52. The molecule has 0 bridgehead atoms. The van der Waals surface area contributed by atoms with E-state index in [1.165, 1.54) is 37.7 Å². The zero-order valence-corrected chi connectivity index (χ0v) is 12.0. The fraction of sp³-hybridized carbons (Fsp3) is 0.625. The maximum Gasteiger partial charge on any atom is 0.122 e. The molecule has 0 aliphatic heterocycles. The van der Waals surface area contributed by atoms with Crippen LogP contribution in [0.1, 0.15) is 44.1 Å². The third-order valence-corrected chi connectivity index (χ3v) is 4.28. The second kappa shape index (κ2) is 7.04. The SMILES string of the molecule is COc1ccccc1CC(Cl)CC1CCCCC1. The number of methoxy groups -OCH3 is 1. The lowest BCUT2D eigenvalue weighted by Gasteiger charge is -2.24. The molecule has 2 heteroatoms. The highest BCUT2D eigenvalue weighted by atomic mass is 35.5. The second-order valence-electron chi connectivity index (χ2n) is 5.35. The summed E-state index contributed by atoms with van der Waals surface area (Å²) in [6.45, 7) is 0. The third kappa shape index (κ3) is 3.91. The molecule has 1 aliphatic carbocycles. The van der Waals surface area contributed by atoms with Crippen LogP contribution in [-0.4, -0.2) is 12.5 Å². The average Bonchev–Trinajstić information content (AvgIpc) is 2.40. The van der Waals surface area contributed by atoms with Crippen molar-refractivity contribution in [2.45, 2.75) is 50.3 Å². The predicted molar refractivity (Wildman–Crippen MR) is 77.5 cm³/mol. The van der Waals surface area contributed by atoms with E-state index in [2.05, 4.69) is 12.1 Å². The molecule has 0 amide bonds. The number of para-hydroxylation sites is 1. The number of rotatable bonds is 5. The number of alkyl halides is 1. The normalized spacial score (nSPS) is 18.6. The van der Waals surface area contributed by atoms with Crippen molar-refractivity contribution in [3.63, 3.8) is 0 Å². The Balaban J connectivity index is 1.87. The minimum atomic E-state index is 0.240. The highest BCUT2D eigenvalue weighted by molar-refractivity contribution is 6.20. The van der Waals surface area contributed by atoms with E-state index in [1.807, 2.05) is 12.1 Å². The van der Waals surface area contributed by atoms with E-state index in [4.69, 9.17) is 16.3 Å². The maximum atomic E-state index is 6.52. The Morgan fingerprint density at radius 2 is 1.94 bits per heavy atom. The Kier molecular flexibility index (Phi) is 5.37. The molecule has 18 heavy (non-hydrogen) atoms. The van der Waals surface area contributed by atoms with Gasteiger partial charge in [0.25, 0.3) is 0 Å². The Hall–Kier alpha value is -0.690. The first kappa shape index (κ1) is 13.7. The van der Waals surface area contributed by atoms with Gasteiger partial charge in [0.1, 0.15) is 5.75 Å². The van der Waals surface area contributed by atoms with Gasteiger partial charge in [0.2, 0.25) is 0 Å². The number of ether oxygens (including phenoxy) is 1. The lowest BCUT2D eigenvalue weighted by molar-refractivity contribution is 0.333. The van der Waals surface area contributed by atoms with Gasteiger partial charge in [-0.05, 0) is 30.4 Å². The Morgan fingerprint density at radius 3 is 2.67 bits per heavy atom. The predicted octanol–water partition coefficient (Wildman–Crippen LogP) is 4.82. The van der Waals surface area contributed by atoms with E-state index >= 15 is 0 Å². The van der Waals surface area contributed by atoms with Gasteiger partial charge in [-0.25, -0.2) is 0 Å². The van der Waals surface area contributed by atoms with Crippen molar-refractivity contribution in [3.8, 4) is 5.75 Å². The summed E-state index contributed by atoms with van der Waals surface area (Å²) in [6.07, 6.45) is 9.01. The molecule has 0 heterocycles. The van der Waals surface area contributed by atoms with Crippen LogP contribution >= 0.6 is 11.6 Å². The van der Waals surface area contributed by atoms with E-state index in [1.54, 1.807) is 7.11 Å². The molecule has 100 valence electrons. The van der Waals surface area contributed by atoms with Crippen LogP contribution in [0.5, 0.6) is 5.75 Å². The van der Waals surface area contributed by atoms with Crippen LogP contribution in [0.4, 0.5) is 0 Å². The number of benzene rings is 1. The van der Waals surface area contributed by atoms with Gasteiger partial charge in [0.05, 0.1) is 7.11 Å².